The van der Waals surface area contributed by atoms with Gasteiger partial charge in [0, 0.05) is 5.41 Å². The Morgan fingerprint density at radius 1 is 1.31 bits per heavy atom. The zero-order valence-electron chi connectivity index (χ0n) is 8.34. The number of carbonyl (C=O) groups is 2. The third-order valence-electron chi connectivity index (χ3n) is 1.45. The molecule has 0 unspecified atom stereocenters. The lowest BCUT2D eigenvalue weighted by Crippen LogP contribution is -2.36. The number of allylic oxidation sites excluding steroid dienone is 1. The lowest BCUT2D eigenvalue weighted by atomic mass is 9.95. The topological polar surface area (TPSA) is 66.4 Å². The summed E-state index contributed by atoms with van der Waals surface area (Å²) in [7, 11) is 0. The standard InChI is InChI=1S/C9H15NO3/c1-5-6(7(11)12)10-8(13)9(2,3)4/h5H,1-4H3,(H,10,13)(H,11,12)/b6-5-. The molecule has 0 radical (unpaired) electrons. The fourth-order valence-corrected chi connectivity index (χ4v) is 0.559. The molecule has 0 aliphatic carbocycles. The highest BCUT2D eigenvalue weighted by Crippen LogP contribution is 2.13. The molecule has 4 nitrogen and oxygen atoms in total. The molecule has 0 aliphatic heterocycles. The highest BCUT2D eigenvalue weighted by Gasteiger charge is 2.23. The highest BCUT2D eigenvalue weighted by molar-refractivity contribution is 5.94. The van der Waals surface area contributed by atoms with Crippen LogP contribution < -0.4 is 5.32 Å². The van der Waals surface area contributed by atoms with E-state index in [4.69, 9.17) is 5.11 Å². The molecule has 0 heterocycles. The van der Waals surface area contributed by atoms with Crippen molar-refractivity contribution in [1.82, 2.24) is 5.32 Å². The molecule has 0 aromatic heterocycles. The third-order valence-corrected chi connectivity index (χ3v) is 1.45. The number of carboxylic acid groups (broad SMARTS) is 1. The second kappa shape index (κ2) is 4.07. The van der Waals surface area contributed by atoms with Crippen molar-refractivity contribution in [2.45, 2.75) is 27.7 Å². The van der Waals surface area contributed by atoms with Crippen molar-refractivity contribution in [3.63, 3.8) is 0 Å². The van der Waals surface area contributed by atoms with E-state index < -0.39 is 11.4 Å². The van der Waals surface area contributed by atoms with Gasteiger partial charge in [-0.15, -0.1) is 0 Å². The number of nitrogens with one attached hydrogen (secondary N) is 1. The highest BCUT2D eigenvalue weighted by atomic mass is 16.4. The fraction of sp³-hybridized carbons (Fsp3) is 0.556. The molecule has 0 fully saturated rings. The molecule has 0 saturated heterocycles. The van der Waals surface area contributed by atoms with Crippen molar-refractivity contribution < 1.29 is 14.7 Å². The van der Waals surface area contributed by atoms with Gasteiger partial charge in [-0.2, -0.15) is 0 Å². The van der Waals surface area contributed by atoms with Gasteiger partial charge < -0.3 is 10.4 Å². The van der Waals surface area contributed by atoms with Crippen LogP contribution in [0.15, 0.2) is 11.8 Å². The van der Waals surface area contributed by atoms with E-state index in [9.17, 15) is 9.59 Å². The summed E-state index contributed by atoms with van der Waals surface area (Å²) in [5, 5.41) is 10.9. The molecule has 4 heteroatoms. The van der Waals surface area contributed by atoms with Gasteiger partial charge >= 0.3 is 5.97 Å². The summed E-state index contributed by atoms with van der Waals surface area (Å²) in [5.41, 5.74) is -0.663. The van der Waals surface area contributed by atoms with Crippen LogP contribution in [0.5, 0.6) is 0 Å². The van der Waals surface area contributed by atoms with Crippen LogP contribution in [-0.4, -0.2) is 17.0 Å². The minimum atomic E-state index is -1.12. The molecule has 0 aliphatic rings. The Morgan fingerprint density at radius 3 is 2.00 bits per heavy atom. The zero-order valence-corrected chi connectivity index (χ0v) is 8.34. The van der Waals surface area contributed by atoms with E-state index in [1.54, 1.807) is 27.7 Å². The number of aliphatic carboxylic acids is 1. The quantitative estimate of drug-likeness (QED) is 0.634. The monoisotopic (exact) mass is 185 g/mol. The van der Waals surface area contributed by atoms with Gasteiger partial charge in [0.1, 0.15) is 5.70 Å². The van der Waals surface area contributed by atoms with Crippen molar-refractivity contribution >= 4 is 11.9 Å². The van der Waals surface area contributed by atoms with Crippen LogP contribution in [0.4, 0.5) is 0 Å². The first-order valence-electron chi connectivity index (χ1n) is 4.00. The van der Waals surface area contributed by atoms with Crippen LogP contribution in [-0.2, 0) is 9.59 Å². The second-order valence-electron chi connectivity index (χ2n) is 3.71. The number of rotatable bonds is 2. The molecule has 0 rings (SSSR count). The average molecular weight is 185 g/mol. The van der Waals surface area contributed by atoms with Gasteiger partial charge in [-0.25, -0.2) is 4.79 Å². The summed E-state index contributed by atoms with van der Waals surface area (Å²) in [6.45, 7) is 6.72. The van der Waals surface area contributed by atoms with Crippen LogP contribution >= 0.6 is 0 Å². The van der Waals surface area contributed by atoms with E-state index >= 15 is 0 Å². The molecule has 13 heavy (non-hydrogen) atoms. The summed E-state index contributed by atoms with van der Waals surface area (Å²) >= 11 is 0. The number of hydrogen-bond donors (Lipinski definition) is 2. The van der Waals surface area contributed by atoms with Gasteiger partial charge in [0.15, 0.2) is 0 Å². The zero-order chi connectivity index (χ0) is 10.6. The first-order valence-corrected chi connectivity index (χ1v) is 4.00. The van der Waals surface area contributed by atoms with E-state index in [-0.39, 0.29) is 11.6 Å². The minimum absolute atomic E-state index is 0.0834. The number of carboxylic acids is 1. The van der Waals surface area contributed by atoms with E-state index in [1.165, 1.54) is 6.08 Å². The van der Waals surface area contributed by atoms with Crippen molar-refractivity contribution in [3.8, 4) is 0 Å². The Morgan fingerprint density at radius 2 is 1.77 bits per heavy atom. The number of amides is 1. The molecule has 0 bridgehead atoms. The molecule has 74 valence electrons. The van der Waals surface area contributed by atoms with E-state index in [2.05, 4.69) is 5.32 Å². The smallest absolute Gasteiger partial charge is 0.352 e. The predicted octanol–water partition coefficient (Wildman–Crippen LogP) is 1.14. The third kappa shape index (κ3) is 3.73. The van der Waals surface area contributed by atoms with Crippen LogP contribution in [0.2, 0.25) is 0 Å². The van der Waals surface area contributed by atoms with Crippen molar-refractivity contribution in [2.75, 3.05) is 0 Å². The van der Waals surface area contributed by atoms with Crippen molar-refractivity contribution in [3.05, 3.63) is 11.8 Å². The molecule has 0 aromatic carbocycles. The Labute approximate surface area is 77.6 Å². The summed E-state index contributed by atoms with van der Waals surface area (Å²) in [5.74, 6) is -1.43. The van der Waals surface area contributed by atoms with E-state index in [0.717, 1.165) is 0 Å². The van der Waals surface area contributed by atoms with Gasteiger partial charge in [-0.05, 0) is 6.92 Å². The Kier molecular flexibility index (Phi) is 3.66. The summed E-state index contributed by atoms with van der Waals surface area (Å²) in [6.07, 6.45) is 1.35. The first kappa shape index (κ1) is 11.7. The minimum Gasteiger partial charge on any atom is -0.477 e. The Bertz CT molecular complexity index is 248. The Balaban J connectivity index is 4.46. The van der Waals surface area contributed by atoms with Gasteiger partial charge in [0.2, 0.25) is 5.91 Å². The molecule has 1 amide bonds. The van der Waals surface area contributed by atoms with E-state index in [1.807, 2.05) is 0 Å². The summed E-state index contributed by atoms with van der Waals surface area (Å²) in [6, 6.07) is 0. The van der Waals surface area contributed by atoms with Crippen LogP contribution in [0.3, 0.4) is 0 Å². The molecule has 0 atom stereocenters. The molecule has 0 spiro atoms. The lowest BCUT2D eigenvalue weighted by Gasteiger charge is -2.17. The fourth-order valence-electron chi connectivity index (χ4n) is 0.559. The Hall–Kier alpha value is -1.32. The summed E-state index contributed by atoms with van der Waals surface area (Å²) < 4.78 is 0. The molecular formula is C9H15NO3. The molecule has 0 aromatic rings. The van der Waals surface area contributed by atoms with Crippen LogP contribution in [0.25, 0.3) is 0 Å². The number of hydrogen-bond acceptors (Lipinski definition) is 2. The first-order chi connectivity index (χ1) is 5.79. The molecule has 0 saturated carbocycles. The second-order valence-corrected chi connectivity index (χ2v) is 3.71. The number of carbonyl (C=O) groups excluding carboxylic acids is 1. The lowest BCUT2D eigenvalue weighted by molar-refractivity contribution is -0.136. The van der Waals surface area contributed by atoms with Crippen LogP contribution in [0.1, 0.15) is 27.7 Å². The van der Waals surface area contributed by atoms with Gasteiger partial charge in [-0.1, -0.05) is 26.8 Å². The largest absolute Gasteiger partial charge is 0.477 e. The van der Waals surface area contributed by atoms with Gasteiger partial charge in [0.25, 0.3) is 0 Å². The predicted molar refractivity (Wildman–Crippen MR) is 49.0 cm³/mol. The van der Waals surface area contributed by atoms with E-state index in [0.29, 0.717) is 0 Å². The maximum Gasteiger partial charge on any atom is 0.352 e. The van der Waals surface area contributed by atoms with Gasteiger partial charge in [0.05, 0.1) is 0 Å². The maximum absolute atomic E-state index is 11.3. The molecular weight excluding hydrogens is 170 g/mol. The van der Waals surface area contributed by atoms with Crippen LogP contribution in [0, 0.1) is 5.41 Å². The summed E-state index contributed by atoms with van der Waals surface area (Å²) in [4.78, 5) is 21.8. The van der Waals surface area contributed by atoms with Crippen molar-refractivity contribution in [2.24, 2.45) is 5.41 Å². The molecule has 2 N–H and O–H groups in total. The SMILES string of the molecule is C/C=C(\NC(=O)C(C)(C)C)C(=O)O. The van der Waals surface area contributed by atoms with Gasteiger partial charge in [-0.3, -0.25) is 4.79 Å². The maximum atomic E-state index is 11.3. The van der Waals surface area contributed by atoms with Crippen molar-refractivity contribution in [1.29, 1.82) is 0 Å². The normalized spacial score (nSPS) is 12.5. The average Bonchev–Trinajstić information content (AvgIpc) is 1.96.